The first-order valence-corrected chi connectivity index (χ1v) is 5.83. The predicted octanol–water partition coefficient (Wildman–Crippen LogP) is -0.506. The molecule has 2 aromatic heterocycles. The molecule has 1 saturated heterocycles. The molecule has 0 aliphatic carbocycles. The minimum atomic E-state index is -0.912. The SMILES string of the molecule is O=C1C[C@@H](C(=O)Nc2n[nH]c3cnccc23)NC(=O)N1. The van der Waals surface area contributed by atoms with E-state index in [0.29, 0.717) is 16.7 Å². The quantitative estimate of drug-likeness (QED) is 0.586. The van der Waals surface area contributed by atoms with Gasteiger partial charge in [-0.25, -0.2) is 4.79 Å². The first-order chi connectivity index (χ1) is 9.63. The lowest BCUT2D eigenvalue weighted by atomic mass is 10.1. The topological polar surface area (TPSA) is 129 Å². The van der Waals surface area contributed by atoms with Gasteiger partial charge in [-0.3, -0.25) is 25.0 Å². The fourth-order valence-electron chi connectivity index (χ4n) is 1.93. The molecule has 0 bridgehead atoms. The van der Waals surface area contributed by atoms with Gasteiger partial charge in [-0.1, -0.05) is 0 Å². The number of aromatic amines is 1. The zero-order valence-corrected chi connectivity index (χ0v) is 10.1. The van der Waals surface area contributed by atoms with E-state index in [4.69, 9.17) is 0 Å². The van der Waals surface area contributed by atoms with Crippen LogP contribution in [0.1, 0.15) is 6.42 Å². The molecule has 1 atom stereocenters. The van der Waals surface area contributed by atoms with Gasteiger partial charge in [0.1, 0.15) is 6.04 Å². The maximum absolute atomic E-state index is 12.0. The number of pyridine rings is 1. The van der Waals surface area contributed by atoms with E-state index in [1.165, 1.54) is 0 Å². The number of rotatable bonds is 2. The van der Waals surface area contributed by atoms with Gasteiger partial charge in [0.15, 0.2) is 5.82 Å². The second-order valence-corrected chi connectivity index (χ2v) is 4.26. The Kier molecular flexibility index (Phi) is 2.78. The summed E-state index contributed by atoms with van der Waals surface area (Å²) in [5.41, 5.74) is 0.674. The summed E-state index contributed by atoms with van der Waals surface area (Å²) in [7, 11) is 0. The third-order valence-corrected chi connectivity index (χ3v) is 2.87. The lowest BCUT2D eigenvalue weighted by molar-refractivity contribution is -0.126. The fourth-order valence-corrected chi connectivity index (χ4v) is 1.93. The van der Waals surface area contributed by atoms with Crippen LogP contribution in [0.3, 0.4) is 0 Å². The number of nitrogens with zero attached hydrogens (tertiary/aromatic N) is 2. The van der Waals surface area contributed by atoms with Gasteiger partial charge < -0.3 is 10.6 Å². The van der Waals surface area contributed by atoms with Crippen molar-refractivity contribution in [2.24, 2.45) is 0 Å². The van der Waals surface area contributed by atoms with Crippen molar-refractivity contribution in [2.75, 3.05) is 5.32 Å². The number of aromatic nitrogens is 3. The molecule has 0 aromatic carbocycles. The number of hydrogen-bond donors (Lipinski definition) is 4. The molecule has 0 radical (unpaired) electrons. The van der Waals surface area contributed by atoms with Crippen LogP contribution in [-0.4, -0.2) is 39.1 Å². The normalized spacial score (nSPS) is 18.5. The van der Waals surface area contributed by atoms with Gasteiger partial charge in [-0.15, -0.1) is 0 Å². The molecule has 3 heterocycles. The number of nitrogens with one attached hydrogen (secondary N) is 4. The Morgan fingerprint density at radius 3 is 3.05 bits per heavy atom. The monoisotopic (exact) mass is 274 g/mol. The Bertz CT molecular complexity index is 693. The first-order valence-electron chi connectivity index (χ1n) is 5.83. The number of imide groups is 1. The number of urea groups is 1. The van der Waals surface area contributed by atoms with Crippen LogP contribution in [0.2, 0.25) is 0 Å². The fraction of sp³-hybridized carbons (Fsp3) is 0.182. The summed E-state index contributed by atoms with van der Waals surface area (Å²) in [6.45, 7) is 0. The molecule has 0 spiro atoms. The summed E-state index contributed by atoms with van der Waals surface area (Å²) in [6, 6.07) is 0.1000. The highest BCUT2D eigenvalue weighted by Crippen LogP contribution is 2.18. The largest absolute Gasteiger partial charge is 0.325 e. The zero-order valence-electron chi connectivity index (χ0n) is 10.1. The number of carbonyl (C=O) groups excluding carboxylic acids is 3. The molecule has 20 heavy (non-hydrogen) atoms. The molecule has 102 valence electrons. The smallest absolute Gasteiger partial charge is 0.322 e. The van der Waals surface area contributed by atoms with Crippen LogP contribution in [0.25, 0.3) is 10.9 Å². The average molecular weight is 274 g/mol. The summed E-state index contributed by atoms with van der Waals surface area (Å²) in [6.07, 6.45) is 3.04. The molecule has 4 amide bonds. The summed E-state index contributed by atoms with van der Waals surface area (Å²) < 4.78 is 0. The van der Waals surface area contributed by atoms with Crippen LogP contribution in [0, 0.1) is 0 Å². The highest BCUT2D eigenvalue weighted by atomic mass is 16.2. The van der Waals surface area contributed by atoms with E-state index in [1.54, 1.807) is 18.5 Å². The lowest BCUT2D eigenvalue weighted by Gasteiger charge is -2.21. The minimum Gasteiger partial charge on any atom is -0.325 e. The van der Waals surface area contributed by atoms with Crippen LogP contribution in [0.15, 0.2) is 18.5 Å². The van der Waals surface area contributed by atoms with Crippen LogP contribution in [-0.2, 0) is 9.59 Å². The van der Waals surface area contributed by atoms with Crippen LogP contribution in [0.5, 0.6) is 0 Å². The molecular weight excluding hydrogens is 264 g/mol. The van der Waals surface area contributed by atoms with E-state index in [9.17, 15) is 14.4 Å². The molecule has 0 unspecified atom stereocenters. The van der Waals surface area contributed by atoms with E-state index < -0.39 is 23.9 Å². The lowest BCUT2D eigenvalue weighted by Crippen LogP contribution is -2.56. The number of H-pyrrole nitrogens is 1. The number of carbonyl (C=O) groups is 3. The number of fused-ring (bicyclic) bond motifs is 1. The van der Waals surface area contributed by atoms with Gasteiger partial charge in [0.05, 0.1) is 18.1 Å². The molecule has 9 heteroatoms. The van der Waals surface area contributed by atoms with Gasteiger partial charge in [-0.2, -0.15) is 5.10 Å². The number of amides is 4. The van der Waals surface area contributed by atoms with Gasteiger partial charge in [0.2, 0.25) is 11.8 Å². The van der Waals surface area contributed by atoms with Crippen LogP contribution in [0.4, 0.5) is 10.6 Å². The Hall–Kier alpha value is -2.97. The molecule has 9 nitrogen and oxygen atoms in total. The molecule has 1 aliphatic rings. The van der Waals surface area contributed by atoms with Crippen LogP contribution < -0.4 is 16.0 Å². The molecule has 3 rings (SSSR count). The Labute approximate surface area is 112 Å². The van der Waals surface area contributed by atoms with Crippen molar-refractivity contribution in [1.29, 1.82) is 0 Å². The second kappa shape index (κ2) is 4.61. The van der Waals surface area contributed by atoms with Gasteiger partial charge >= 0.3 is 6.03 Å². The summed E-state index contributed by atoms with van der Waals surface area (Å²) in [5, 5.41) is 14.4. The third kappa shape index (κ3) is 2.16. The maximum atomic E-state index is 12.0. The Morgan fingerprint density at radius 2 is 2.25 bits per heavy atom. The van der Waals surface area contributed by atoms with E-state index in [2.05, 4.69) is 31.1 Å². The van der Waals surface area contributed by atoms with Crippen molar-refractivity contribution in [2.45, 2.75) is 12.5 Å². The van der Waals surface area contributed by atoms with Crippen molar-refractivity contribution in [3.8, 4) is 0 Å². The van der Waals surface area contributed by atoms with E-state index >= 15 is 0 Å². The summed E-state index contributed by atoms with van der Waals surface area (Å²) in [4.78, 5) is 38.3. The standard InChI is InChI=1S/C11H10N6O3/c18-8-3-6(13-11(20)14-8)10(19)15-9-5-1-2-12-4-7(5)16-17-9/h1-2,4,6H,3H2,(H2,13,14,18,20)(H2,15,16,17,19)/t6-/m0/s1. The van der Waals surface area contributed by atoms with Crippen molar-refractivity contribution in [1.82, 2.24) is 25.8 Å². The average Bonchev–Trinajstić information content (AvgIpc) is 2.81. The first kappa shape index (κ1) is 12.1. The second-order valence-electron chi connectivity index (χ2n) is 4.26. The van der Waals surface area contributed by atoms with E-state index in [1.807, 2.05) is 0 Å². The van der Waals surface area contributed by atoms with E-state index in [0.717, 1.165) is 0 Å². The number of anilines is 1. The highest BCUT2D eigenvalue weighted by molar-refractivity contribution is 6.07. The van der Waals surface area contributed by atoms with Gasteiger partial charge in [0, 0.05) is 11.6 Å². The van der Waals surface area contributed by atoms with E-state index in [-0.39, 0.29) is 6.42 Å². The zero-order chi connectivity index (χ0) is 14.1. The van der Waals surface area contributed by atoms with Crippen molar-refractivity contribution in [3.63, 3.8) is 0 Å². The Balaban J connectivity index is 1.79. The Morgan fingerprint density at radius 1 is 1.40 bits per heavy atom. The van der Waals surface area contributed by atoms with Crippen molar-refractivity contribution < 1.29 is 14.4 Å². The van der Waals surface area contributed by atoms with Gasteiger partial charge in [-0.05, 0) is 6.07 Å². The maximum Gasteiger partial charge on any atom is 0.322 e. The molecular formula is C11H10N6O3. The third-order valence-electron chi connectivity index (χ3n) is 2.87. The molecule has 1 aliphatic heterocycles. The molecule has 1 fully saturated rings. The summed E-state index contributed by atoms with van der Waals surface area (Å²) in [5.74, 6) is -0.670. The predicted molar refractivity (Wildman–Crippen MR) is 67.6 cm³/mol. The van der Waals surface area contributed by atoms with Gasteiger partial charge in [0.25, 0.3) is 0 Å². The van der Waals surface area contributed by atoms with Crippen molar-refractivity contribution in [3.05, 3.63) is 18.5 Å². The van der Waals surface area contributed by atoms with Crippen LogP contribution >= 0.6 is 0 Å². The molecule has 0 saturated carbocycles. The molecule has 4 N–H and O–H groups in total. The summed E-state index contributed by atoms with van der Waals surface area (Å²) >= 11 is 0. The molecule has 2 aromatic rings. The number of hydrogen-bond acceptors (Lipinski definition) is 5. The van der Waals surface area contributed by atoms with Crippen molar-refractivity contribution >= 4 is 34.6 Å². The minimum absolute atomic E-state index is 0.110. The highest BCUT2D eigenvalue weighted by Gasteiger charge is 2.29.